The molecule has 72 valence electrons. The van der Waals surface area contributed by atoms with Crippen molar-refractivity contribution in [2.24, 2.45) is 0 Å². The Morgan fingerprint density at radius 1 is 1.17 bits per heavy atom. The van der Waals surface area contributed by atoms with Crippen LogP contribution >= 0.6 is 0 Å². The van der Waals surface area contributed by atoms with Crippen molar-refractivity contribution in [2.75, 3.05) is 0 Å². The smallest absolute Gasteiger partial charge is 0.223 e. The van der Waals surface area contributed by atoms with Crippen molar-refractivity contribution in [1.29, 1.82) is 0 Å². The molecule has 0 spiro atoms. The fourth-order valence-electron chi connectivity index (χ4n) is 1.52. The van der Waals surface area contributed by atoms with Gasteiger partial charge in [0.05, 0.1) is 0 Å². The summed E-state index contributed by atoms with van der Waals surface area (Å²) in [5.74, 6) is 0.280. The van der Waals surface area contributed by atoms with Crippen LogP contribution in [-0.2, 0) is 4.79 Å². The SMILES string of the molecule is CCCC(=O)N(C(C)C)C(C)C. The molecular formula is C10H21NO. The lowest BCUT2D eigenvalue weighted by Crippen LogP contribution is -2.41. The summed E-state index contributed by atoms with van der Waals surface area (Å²) >= 11 is 0. The van der Waals surface area contributed by atoms with E-state index >= 15 is 0 Å². The fourth-order valence-corrected chi connectivity index (χ4v) is 1.52. The van der Waals surface area contributed by atoms with E-state index in [1.807, 2.05) is 11.8 Å². The normalized spacial score (nSPS) is 10.9. The largest absolute Gasteiger partial charge is 0.338 e. The molecule has 0 aromatic rings. The van der Waals surface area contributed by atoms with Crippen molar-refractivity contribution in [3.63, 3.8) is 0 Å². The number of carbonyl (C=O) groups is 1. The quantitative estimate of drug-likeness (QED) is 0.636. The molecule has 12 heavy (non-hydrogen) atoms. The molecule has 1 amide bonds. The minimum absolute atomic E-state index is 0.280. The van der Waals surface area contributed by atoms with Crippen LogP contribution in [0.25, 0.3) is 0 Å². The molecular weight excluding hydrogens is 150 g/mol. The van der Waals surface area contributed by atoms with Crippen molar-refractivity contribution < 1.29 is 4.79 Å². The van der Waals surface area contributed by atoms with Crippen molar-refractivity contribution in [2.45, 2.75) is 59.5 Å². The maximum atomic E-state index is 11.6. The zero-order valence-electron chi connectivity index (χ0n) is 8.92. The number of hydrogen-bond donors (Lipinski definition) is 0. The molecule has 0 aliphatic heterocycles. The molecule has 0 heterocycles. The first kappa shape index (κ1) is 11.5. The lowest BCUT2D eigenvalue weighted by atomic mass is 10.2. The summed E-state index contributed by atoms with van der Waals surface area (Å²) in [6.07, 6.45) is 1.62. The Morgan fingerprint density at radius 3 is 1.83 bits per heavy atom. The molecule has 0 saturated carbocycles. The highest BCUT2D eigenvalue weighted by atomic mass is 16.2. The monoisotopic (exact) mass is 171 g/mol. The highest BCUT2D eigenvalue weighted by molar-refractivity contribution is 5.76. The average Bonchev–Trinajstić information content (AvgIpc) is 1.85. The molecule has 0 fully saturated rings. The van der Waals surface area contributed by atoms with Gasteiger partial charge in [0.25, 0.3) is 0 Å². The second kappa shape index (κ2) is 5.18. The minimum atomic E-state index is 0.280. The summed E-state index contributed by atoms with van der Waals surface area (Å²) in [4.78, 5) is 13.5. The van der Waals surface area contributed by atoms with Crippen LogP contribution in [0.15, 0.2) is 0 Å². The number of amides is 1. The molecule has 2 nitrogen and oxygen atoms in total. The second-order valence-electron chi connectivity index (χ2n) is 3.74. The van der Waals surface area contributed by atoms with Crippen molar-refractivity contribution >= 4 is 5.91 Å². The van der Waals surface area contributed by atoms with Gasteiger partial charge in [-0.1, -0.05) is 6.92 Å². The molecule has 0 aromatic carbocycles. The van der Waals surface area contributed by atoms with E-state index in [2.05, 4.69) is 27.7 Å². The number of hydrogen-bond acceptors (Lipinski definition) is 1. The van der Waals surface area contributed by atoms with Gasteiger partial charge in [0.1, 0.15) is 0 Å². The summed E-state index contributed by atoms with van der Waals surface area (Å²) in [5.41, 5.74) is 0. The van der Waals surface area contributed by atoms with Gasteiger partial charge in [-0.15, -0.1) is 0 Å². The first-order chi connectivity index (χ1) is 5.50. The number of rotatable bonds is 4. The average molecular weight is 171 g/mol. The third-order valence-electron chi connectivity index (χ3n) is 1.86. The van der Waals surface area contributed by atoms with Crippen molar-refractivity contribution in [3.8, 4) is 0 Å². The maximum Gasteiger partial charge on any atom is 0.223 e. The molecule has 0 N–H and O–H groups in total. The Balaban J connectivity index is 4.20. The van der Waals surface area contributed by atoms with Crippen LogP contribution < -0.4 is 0 Å². The van der Waals surface area contributed by atoms with E-state index in [9.17, 15) is 4.79 Å². The summed E-state index contributed by atoms with van der Waals surface area (Å²) < 4.78 is 0. The minimum Gasteiger partial charge on any atom is -0.338 e. The fraction of sp³-hybridized carbons (Fsp3) is 0.900. The lowest BCUT2D eigenvalue weighted by Gasteiger charge is -2.30. The summed E-state index contributed by atoms with van der Waals surface area (Å²) in [6, 6.07) is 0.646. The summed E-state index contributed by atoms with van der Waals surface area (Å²) in [5, 5.41) is 0. The van der Waals surface area contributed by atoms with Crippen LogP contribution in [0.3, 0.4) is 0 Å². The van der Waals surface area contributed by atoms with Crippen LogP contribution in [0.4, 0.5) is 0 Å². The molecule has 0 atom stereocenters. The van der Waals surface area contributed by atoms with Gasteiger partial charge in [-0.05, 0) is 34.1 Å². The van der Waals surface area contributed by atoms with Gasteiger partial charge in [-0.2, -0.15) is 0 Å². The molecule has 0 aromatic heterocycles. The second-order valence-corrected chi connectivity index (χ2v) is 3.74. The first-order valence-corrected chi connectivity index (χ1v) is 4.81. The highest BCUT2D eigenvalue weighted by Crippen LogP contribution is 2.08. The number of carbonyl (C=O) groups excluding carboxylic acids is 1. The first-order valence-electron chi connectivity index (χ1n) is 4.81. The van der Waals surface area contributed by atoms with Crippen molar-refractivity contribution in [1.82, 2.24) is 4.90 Å². The highest BCUT2D eigenvalue weighted by Gasteiger charge is 2.18. The van der Waals surface area contributed by atoms with Crippen molar-refractivity contribution in [3.05, 3.63) is 0 Å². The van der Waals surface area contributed by atoms with E-state index in [1.54, 1.807) is 0 Å². The van der Waals surface area contributed by atoms with Gasteiger partial charge in [0.2, 0.25) is 5.91 Å². The van der Waals surface area contributed by atoms with E-state index in [-0.39, 0.29) is 5.91 Å². The Morgan fingerprint density at radius 2 is 1.58 bits per heavy atom. The molecule has 0 aliphatic rings. The summed E-state index contributed by atoms with van der Waals surface area (Å²) in [7, 11) is 0. The van der Waals surface area contributed by atoms with Gasteiger partial charge in [0.15, 0.2) is 0 Å². The summed E-state index contributed by atoms with van der Waals surface area (Å²) in [6.45, 7) is 10.3. The third kappa shape index (κ3) is 3.24. The van der Waals surface area contributed by atoms with Crippen LogP contribution in [0.2, 0.25) is 0 Å². The van der Waals surface area contributed by atoms with Gasteiger partial charge in [-0.25, -0.2) is 0 Å². The Kier molecular flexibility index (Phi) is 4.95. The predicted molar refractivity (Wildman–Crippen MR) is 52.0 cm³/mol. The lowest BCUT2D eigenvalue weighted by molar-refractivity contribution is -0.134. The van der Waals surface area contributed by atoms with Gasteiger partial charge < -0.3 is 4.90 Å². The Labute approximate surface area is 75.9 Å². The zero-order chi connectivity index (χ0) is 9.72. The van der Waals surface area contributed by atoms with Gasteiger partial charge in [-0.3, -0.25) is 4.79 Å². The zero-order valence-corrected chi connectivity index (χ0v) is 8.92. The van der Waals surface area contributed by atoms with Crippen LogP contribution in [-0.4, -0.2) is 22.9 Å². The van der Waals surface area contributed by atoms with E-state index < -0.39 is 0 Å². The molecule has 2 heteroatoms. The Hall–Kier alpha value is -0.530. The van der Waals surface area contributed by atoms with E-state index in [4.69, 9.17) is 0 Å². The van der Waals surface area contributed by atoms with Gasteiger partial charge in [0, 0.05) is 18.5 Å². The van der Waals surface area contributed by atoms with Crippen LogP contribution in [0.1, 0.15) is 47.5 Å². The number of nitrogens with zero attached hydrogens (tertiary/aromatic N) is 1. The predicted octanol–water partition coefficient (Wildman–Crippen LogP) is 2.43. The standard InChI is InChI=1S/C10H21NO/c1-6-7-10(12)11(8(2)3)9(4)5/h8-9H,6-7H2,1-5H3. The molecule has 0 saturated heterocycles. The van der Waals surface area contributed by atoms with Crippen LogP contribution in [0, 0.1) is 0 Å². The van der Waals surface area contributed by atoms with E-state index in [1.165, 1.54) is 0 Å². The van der Waals surface area contributed by atoms with E-state index in [0.717, 1.165) is 6.42 Å². The van der Waals surface area contributed by atoms with Gasteiger partial charge >= 0.3 is 0 Å². The topological polar surface area (TPSA) is 20.3 Å². The third-order valence-corrected chi connectivity index (χ3v) is 1.86. The molecule has 0 bridgehead atoms. The molecule has 0 radical (unpaired) electrons. The molecule has 0 unspecified atom stereocenters. The van der Waals surface area contributed by atoms with Crippen LogP contribution in [0.5, 0.6) is 0 Å². The van der Waals surface area contributed by atoms with E-state index in [0.29, 0.717) is 18.5 Å². The Bertz CT molecular complexity index is 133. The molecule has 0 rings (SSSR count). The maximum absolute atomic E-state index is 11.6. The molecule has 0 aliphatic carbocycles.